The molecule has 0 aliphatic heterocycles. The number of benzene rings is 1. The van der Waals surface area contributed by atoms with Crippen LogP contribution in [0.3, 0.4) is 0 Å². The molecule has 0 radical (unpaired) electrons. The summed E-state index contributed by atoms with van der Waals surface area (Å²) >= 11 is 1.45. The highest BCUT2D eigenvalue weighted by atomic mass is 32.1. The molecule has 4 N–H and O–H groups in total. The highest BCUT2D eigenvalue weighted by Gasteiger charge is 2.34. The van der Waals surface area contributed by atoms with Gasteiger partial charge in [0.2, 0.25) is 13.4 Å². The van der Waals surface area contributed by atoms with Gasteiger partial charge >= 0.3 is 11.9 Å². The van der Waals surface area contributed by atoms with Gasteiger partial charge in [0.25, 0.3) is 0 Å². The van der Waals surface area contributed by atoms with Gasteiger partial charge in [-0.05, 0) is 45.4 Å². The number of hydrogen-bond acceptors (Lipinski definition) is 9. The highest BCUT2D eigenvalue weighted by Crippen LogP contribution is 2.46. The molecule has 0 spiro atoms. The fraction of sp³-hybridized carbons (Fsp3) is 0.455. The van der Waals surface area contributed by atoms with Crippen molar-refractivity contribution in [2.75, 3.05) is 19.6 Å². The monoisotopic (exact) mass is 524 g/mol. The molecule has 1 heterocycles. The zero-order valence-corrected chi connectivity index (χ0v) is 21.7. The zero-order chi connectivity index (χ0) is 25.8. The third-order valence-electron chi connectivity index (χ3n) is 5.24. The second kappa shape index (κ2) is 11.3. The van der Waals surface area contributed by atoms with Crippen molar-refractivity contribution in [3.63, 3.8) is 0 Å². The number of carbonyl (C=O) groups is 3. The van der Waals surface area contributed by atoms with Crippen LogP contribution in [-0.2, 0) is 30.0 Å². The second-order valence-corrected chi connectivity index (χ2v) is 11.0. The van der Waals surface area contributed by atoms with Crippen LogP contribution in [0.25, 0.3) is 11.3 Å². The Bertz CT molecular complexity index is 1140. The molecule has 0 fully saturated rings. The summed E-state index contributed by atoms with van der Waals surface area (Å²) in [5.41, 5.74) is 9.60. The van der Waals surface area contributed by atoms with Crippen LogP contribution in [0.2, 0.25) is 0 Å². The second-order valence-electron chi connectivity index (χ2n) is 7.85. The Morgan fingerprint density at radius 3 is 2.26 bits per heavy atom. The number of fused-ring (bicyclic) bond motifs is 3. The Hall–Kier alpha value is -2.79. The van der Waals surface area contributed by atoms with E-state index in [4.69, 9.17) is 19.9 Å². The summed E-state index contributed by atoms with van der Waals surface area (Å²) in [5, 5.41) is 5.47. The Morgan fingerprint density at radius 2 is 1.71 bits per heavy atom. The zero-order valence-electron chi connectivity index (χ0n) is 20.0. The first-order valence-electron chi connectivity index (χ1n) is 11.1. The molecule has 0 saturated carbocycles. The Balaban J connectivity index is 1.89. The number of rotatable bonds is 12. The molecular weight excluding hydrogens is 495 g/mol. The summed E-state index contributed by atoms with van der Waals surface area (Å²) < 4.78 is 29.8. The Kier molecular flexibility index (Phi) is 8.65. The maximum Gasteiger partial charge on any atom is 0.323 e. The lowest BCUT2D eigenvalue weighted by Gasteiger charge is -2.26. The van der Waals surface area contributed by atoms with Crippen LogP contribution in [0.15, 0.2) is 17.6 Å². The predicted molar refractivity (Wildman–Crippen MR) is 130 cm³/mol. The normalized spacial score (nSPS) is 13.9. The molecule has 13 heteroatoms. The van der Waals surface area contributed by atoms with Crippen LogP contribution in [0, 0.1) is 0 Å². The van der Waals surface area contributed by atoms with Crippen molar-refractivity contribution in [2.24, 2.45) is 5.73 Å². The SMILES string of the molecule is CCOC(=O)[C@H](C)NP(=O)(COc1ccc(C(N)=O)c2c1-c1ncsc1C2)N[C@@H](C)C(=O)OCC. The molecule has 2 aromatic rings. The largest absolute Gasteiger partial charge is 0.482 e. The number of thiazole rings is 1. The molecule has 35 heavy (non-hydrogen) atoms. The molecule has 1 amide bonds. The van der Waals surface area contributed by atoms with Gasteiger partial charge < -0.3 is 19.9 Å². The number of hydrogen-bond donors (Lipinski definition) is 3. The number of primary amides is 1. The summed E-state index contributed by atoms with van der Waals surface area (Å²) in [4.78, 5) is 41.6. The lowest BCUT2D eigenvalue weighted by atomic mass is 10.0. The van der Waals surface area contributed by atoms with Gasteiger partial charge in [0.1, 0.15) is 17.8 Å². The number of esters is 2. The number of nitrogens with zero attached hydrogens (tertiary/aromatic N) is 1. The fourth-order valence-electron chi connectivity index (χ4n) is 3.72. The average Bonchev–Trinajstić information content (AvgIpc) is 3.39. The number of aromatic nitrogens is 1. The van der Waals surface area contributed by atoms with Gasteiger partial charge in [0.15, 0.2) is 6.35 Å². The Morgan fingerprint density at radius 1 is 1.11 bits per heavy atom. The van der Waals surface area contributed by atoms with Gasteiger partial charge in [-0.15, -0.1) is 11.3 Å². The number of nitrogens with two attached hydrogens (primary N) is 1. The predicted octanol–water partition coefficient (Wildman–Crippen LogP) is 2.43. The van der Waals surface area contributed by atoms with Crippen molar-refractivity contribution in [3.8, 4) is 17.0 Å². The van der Waals surface area contributed by atoms with Crippen molar-refractivity contribution in [1.82, 2.24) is 15.2 Å². The number of carbonyl (C=O) groups excluding carboxylic acids is 3. The van der Waals surface area contributed by atoms with Crippen LogP contribution in [0.4, 0.5) is 0 Å². The van der Waals surface area contributed by atoms with E-state index in [-0.39, 0.29) is 13.2 Å². The molecule has 3 rings (SSSR count). The van der Waals surface area contributed by atoms with E-state index in [1.807, 2.05) is 0 Å². The number of nitrogens with one attached hydrogen (secondary N) is 2. The van der Waals surface area contributed by atoms with E-state index >= 15 is 0 Å². The topological polar surface area (TPSA) is 159 Å². The maximum absolute atomic E-state index is 13.8. The van der Waals surface area contributed by atoms with Crippen LogP contribution in [-0.4, -0.2) is 54.5 Å². The third kappa shape index (κ3) is 6.07. The highest BCUT2D eigenvalue weighted by molar-refractivity contribution is 7.59. The summed E-state index contributed by atoms with van der Waals surface area (Å²) in [6.07, 6.45) is 0.0705. The summed E-state index contributed by atoms with van der Waals surface area (Å²) in [7, 11) is -3.71. The van der Waals surface area contributed by atoms with Crippen molar-refractivity contribution < 1.29 is 33.2 Å². The lowest BCUT2D eigenvalue weighted by Crippen LogP contribution is -2.43. The summed E-state index contributed by atoms with van der Waals surface area (Å²) in [6.45, 7) is 6.65. The molecule has 0 bridgehead atoms. The van der Waals surface area contributed by atoms with Gasteiger partial charge in [-0.3, -0.25) is 18.9 Å². The molecule has 1 aromatic carbocycles. The third-order valence-corrected chi connectivity index (χ3v) is 8.18. The Labute approximate surface area is 207 Å². The molecular formula is C22H29N4O7PS. The summed E-state index contributed by atoms with van der Waals surface area (Å²) in [5.74, 6) is -1.41. The van der Waals surface area contributed by atoms with E-state index in [2.05, 4.69) is 15.2 Å². The lowest BCUT2D eigenvalue weighted by molar-refractivity contribution is -0.145. The van der Waals surface area contributed by atoms with E-state index in [9.17, 15) is 18.9 Å². The first-order valence-corrected chi connectivity index (χ1v) is 13.9. The van der Waals surface area contributed by atoms with E-state index in [0.717, 1.165) is 4.88 Å². The quantitative estimate of drug-likeness (QED) is 0.237. The first-order chi connectivity index (χ1) is 16.6. The van der Waals surface area contributed by atoms with Crippen LogP contribution < -0.4 is 20.6 Å². The van der Waals surface area contributed by atoms with E-state index in [0.29, 0.717) is 34.6 Å². The van der Waals surface area contributed by atoms with Crippen molar-refractivity contribution in [2.45, 2.75) is 46.2 Å². The fourth-order valence-corrected chi connectivity index (χ4v) is 6.50. The average molecular weight is 525 g/mol. The van der Waals surface area contributed by atoms with Gasteiger partial charge in [-0.2, -0.15) is 0 Å². The molecule has 1 aromatic heterocycles. The molecule has 0 unspecified atom stereocenters. The molecule has 2 atom stereocenters. The standard InChI is InChI=1S/C22H29N4O7PS/c1-5-31-21(28)12(3)25-34(30,26-13(4)22(29)32-6-2)11-33-16-8-7-14(20(23)27)15-9-17-19(18(15)16)24-10-35-17/h7-8,10,12-13H,5-6,9,11H2,1-4H3,(H2,23,27)(H2,25,26,30)/t12-,13-/m0/s1. The molecule has 1 aliphatic rings. The number of amides is 1. The van der Waals surface area contributed by atoms with Gasteiger partial charge in [-0.1, -0.05) is 0 Å². The van der Waals surface area contributed by atoms with E-state index < -0.39 is 43.7 Å². The van der Waals surface area contributed by atoms with Crippen molar-refractivity contribution in [3.05, 3.63) is 33.6 Å². The van der Waals surface area contributed by atoms with Crippen LogP contribution in [0.1, 0.15) is 48.5 Å². The molecule has 1 aliphatic carbocycles. The molecule has 190 valence electrons. The maximum atomic E-state index is 13.8. The summed E-state index contributed by atoms with van der Waals surface area (Å²) in [6, 6.07) is 1.24. The minimum absolute atomic E-state index is 0.159. The van der Waals surface area contributed by atoms with Crippen LogP contribution in [0.5, 0.6) is 5.75 Å². The smallest absolute Gasteiger partial charge is 0.323 e. The van der Waals surface area contributed by atoms with Gasteiger partial charge in [-0.25, -0.2) is 15.2 Å². The van der Waals surface area contributed by atoms with Crippen molar-refractivity contribution in [1.29, 1.82) is 0 Å². The van der Waals surface area contributed by atoms with Crippen LogP contribution >= 0.6 is 18.8 Å². The van der Waals surface area contributed by atoms with Crippen molar-refractivity contribution >= 4 is 36.6 Å². The molecule has 0 saturated heterocycles. The minimum atomic E-state index is -3.71. The van der Waals surface area contributed by atoms with Gasteiger partial charge in [0.05, 0.1) is 24.4 Å². The van der Waals surface area contributed by atoms with E-state index in [1.165, 1.54) is 25.2 Å². The van der Waals surface area contributed by atoms with Gasteiger partial charge in [0, 0.05) is 22.4 Å². The van der Waals surface area contributed by atoms with E-state index in [1.54, 1.807) is 31.5 Å². The minimum Gasteiger partial charge on any atom is -0.482 e. The first kappa shape index (κ1) is 26.8. The number of ether oxygens (including phenoxy) is 3. The molecule has 11 nitrogen and oxygen atoms in total.